The molecule has 0 aliphatic rings. The van der Waals surface area contributed by atoms with Crippen LogP contribution in [0.25, 0.3) is 0 Å². The molecule has 0 atom stereocenters. The minimum absolute atomic E-state index is 0.620. The maximum atomic E-state index is 5.53. The van der Waals surface area contributed by atoms with Gasteiger partial charge >= 0.3 is 0 Å². The van der Waals surface area contributed by atoms with E-state index in [9.17, 15) is 0 Å². The summed E-state index contributed by atoms with van der Waals surface area (Å²) in [6.45, 7) is 6.30. The minimum atomic E-state index is 0.620. The van der Waals surface area contributed by atoms with Crippen LogP contribution in [0.2, 0.25) is 0 Å². The van der Waals surface area contributed by atoms with Crippen molar-refractivity contribution >= 4 is 11.6 Å². The van der Waals surface area contributed by atoms with E-state index in [1.807, 2.05) is 38.1 Å². The standard InChI is InChI=1S/C10H13ClO2.C4H10O/c1-12-9-5-2-3-6-10(9)13-8-4-7-11;1-3-5-4-2/h2-3,5-6H,4,7-8H2,1H3;3-4H2,1-2H3. The summed E-state index contributed by atoms with van der Waals surface area (Å²) in [7, 11) is 1.63. The molecule has 0 radical (unpaired) electrons. The number of alkyl halides is 1. The summed E-state index contributed by atoms with van der Waals surface area (Å²) in [5.74, 6) is 2.15. The van der Waals surface area contributed by atoms with Crippen LogP contribution in [-0.2, 0) is 4.74 Å². The van der Waals surface area contributed by atoms with Gasteiger partial charge in [-0.1, -0.05) is 12.1 Å². The topological polar surface area (TPSA) is 27.7 Å². The molecule has 0 bridgehead atoms. The molecule has 0 unspecified atom stereocenters. The summed E-state index contributed by atoms with van der Waals surface area (Å²) in [5, 5.41) is 0. The van der Waals surface area contributed by atoms with Crippen LogP contribution >= 0.6 is 11.6 Å². The highest BCUT2D eigenvalue weighted by molar-refractivity contribution is 6.17. The summed E-state index contributed by atoms with van der Waals surface area (Å²) < 4.78 is 15.4. The van der Waals surface area contributed by atoms with Crippen LogP contribution in [0.3, 0.4) is 0 Å². The summed E-state index contributed by atoms with van der Waals surface area (Å²) in [5.41, 5.74) is 0. The van der Waals surface area contributed by atoms with E-state index in [1.165, 1.54) is 0 Å². The molecule has 0 heterocycles. The second-order valence-electron chi connectivity index (χ2n) is 3.32. The molecule has 0 saturated carbocycles. The zero-order chi connectivity index (χ0) is 13.6. The molecule has 104 valence electrons. The van der Waals surface area contributed by atoms with Gasteiger partial charge in [0.05, 0.1) is 13.7 Å². The van der Waals surface area contributed by atoms with Crippen LogP contribution in [0.1, 0.15) is 20.3 Å². The summed E-state index contributed by atoms with van der Waals surface area (Å²) in [6.07, 6.45) is 0.847. The lowest BCUT2D eigenvalue weighted by atomic mass is 10.3. The number of para-hydroxylation sites is 2. The number of hydrogen-bond acceptors (Lipinski definition) is 3. The monoisotopic (exact) mass is 274 g/mol. The molecule has 1 aromatic carbocycles. The average molecular weight is 275 g/mol. The summed E-state index contributed by atoms with van der Waals surface area (Å²) in [4.78, 5) is 0. The average Bonchev–Trinajstić information content (AvgIpc) is 2.41. The lowest BCUT2D eigenvalue weighted by molar-refractivity contribution is 0.162. The zero-order valence-electron chi connectivity index (χ0n) is 11.4. The van der Waals surface area contributed by atoms with Crippen molar-refractivity contribution in [1.29, 1.82) is 0 Å². The van der Waals surface area contributed by atoms with Crippen molar-refractivity contribution in [2.24, 2.45) is 0 Å². The second kappa shape index (κ2) is 12.5. The lowest BCUT2D eigenvalue weighted by Gasteiger charge is -2.08. The normalized spacial score (nSPS) is 9.33. The van der Waals surface area contributed by atoms with Gasteiger partial charge in [-0.2, -0.15) is 0 Å². The molecule has 0 aliphatic carbocycles. The predicted octanol–water partition coefficient (Wildman–Crippen LogP) is 3.75. The van der Waals surface area contributed by atoms with Crippen LogP contribution in [0.5, 0.6) is 11.5 Å². The van der Waals surface area contributed by atoms with E-state index in [4.69, 9.17) is 25.8 Å². The Morgan fingerprint density at radius 3 is 2.11 bits per heavy atom. The first-order valence-corrected chi connectivity index (χ1v) is 6.73. The Labute approximate surface area is 115 Å². The van der Waals surface area contributed by atoms with Crippen LogP contribution in [0.4, 0.5) is 0 Å². The lowest BCUT2D eigenvalue weighted by Crippen LogP contribution is -1.99. The summed E-state index contributed by atoms with van der Waals surface area (Å²) >= 11 is 5.53. The quantitative estimate of drug-likeness (QED) is 0.560. The van der Waals surface area contributed by atoms with Crippen molar-refractivity contribution < 1.29 is 14.2 Å². The van der Waals surface area contributed by atoms with Gasteiger partial charge in [0.25, 0.3) is 0 Å². The second-order valence-corrected chi connectivity index (χ2v) is 3.70. The van der Waals surface area contributed by atoms with Gasteiger partial charge < -0.3 is 14.2 Å². The van der Waals surface area contributed by atoms with E-state index in [0.29, 0.717) is 12.5 Å². The van der Waals surface area contributed by atoms with Crippen molar-refractivity contribution in [2.75, 3.05) is 32.8 Å². The number of hydrogen-bond donors (Lipinski definition) is 0. The van der Waals surface area contributed by atoms with Crippen LogP contribution in [0, 0.1) is 0 Å². The van der Waals surface area contributed by atoms with E-state index in [-0.39, 0.29) is 0 Å². The highest BCUT2D eigenvalue weighted by Crippen LogP contribution is 2.25. The first-order chi connectivity index (χ1) is 8.79. The number of halogens is 1. The van der Waals surface area contributed by atoms with Gasteiger partial charge in [0.1, 0.15) is 0 Å². The Bertz CT molecular complexity index is 290. The Morgan fingerprint density at radius 2 is 1.67 bits per heavy atom. The highest BCUT2D eigenvalue weighted by atomic mass is 35.5. The Hall–Kier alpha value is -0.930. The molecule has 0 spiro atoms. The zero-order valence-corrected chi connectivity index (χ0v) is 12.2. The number of ether oxygens (including phenoxy) is 3. The number of rotatable bonds is 7. The van der Waals surface area contributed by atoms with Gasteiger partial charge in [0, 0.05) is 19.1 Å². The van der Waals surface area contributed by atoms with E-state index >= 15 is 0 Å². The molecular weight excluding hydrogens is 252 g/mol. The van der Waals surface area contributed by atoms with Gasteiger partial charge in [-0.3, -0.25) is 0 Å². The SMILES string of the molecule is CCOCC.COc1ccccc1OCCCCl. The van der Waals surface area contributed by atoms with Gasteiger partial charge in [0.15, 0.2) is 11.5 Å². The molecule has 0 fully saturated rings. The van der Waals surface area contributed by atoms with Crippen molar-refractivity contribution in [3.63, 3.8) is 0 Å². The van der Waals surface area contributed by atoms with Crippen molar-refractivity contribution in [2.45, 2.75) is 20.3 Å². The van der Waals surface area contributed by atoms with Crippen LogP contribution < -0.4 is 9.47 Å². The molecule has 1 aromatic rings. The number of benzene rings is 1. The highest BCUT2D eigenvalue weighted by Gasteiger charge is 2.00. The predicted molar refractivity (Wildman–Crippen MR) is 76.0 cm³/mol. The van der Waals surface area contributed by atoms with E-state index in [0.717, 1.165) is 31.1 Å². The molecule has 0 saturated heterocycles. The largest absolute Gasteiger partial charge is 0.493 e. The van der Waals surface area contributed by atoms with Gasteiger partial charge in [0.2, 0.25) is 0 Å². The van der Waals surface area contributed by atoms with E-state index in [1.54, 1.807) is 7.11 Å². The van der Waals surface area contributed by atoms with Crippen molar-refractivity contribution in [3.8, 4) is 11.5 Å². The maximum Gasteiger partial charge on any atom is 0.161 e. The molecule has 0 aromatic heterocycles. The van der Waals surface area contributed by atoms with E-state index in [2.05, 4.69) is 0 Å². The molecular formula is C14H23ClO3. The van der Waals surface area contributed by atoms with Crippen molar-refractivity contribution in [1.82, 2.24) is 0 Å². The first kappa shape index (κ1) is 17.1. The summed E-state index contributed by atoms with van der Waals surface area (Å²) in [6, 6.07) is 7.58. The molecule has 4 heteroatoms. The third-order valence-electron chi connectivity index (χ3n) is 2.01. The Kier molecular flexibility index (Phi) is 11.9. The Balaban J connectivity index is 0.000000494. The van der Waals surface area contributed by atoms with Crippen LogP contribution in [0.15, 0.2) is 24.3 Å². The molecule has 0 aliphatic heterocycles. The smallest absolute Gasteiger partial charge is 0.161 e. The van der Waals surface area contributed by atoms with Gasteiger partial charge in [-0.05, 0) is 32.4 Å². The third-order valence-corrected chi connectivity index (χ3v) is 2.28. The molecule has 18 heavy (non-hydrogen) atoms. The maximum absolute atomic E-state index is 5.53. The fourth-order valence-corrected chi connectivity index (χ4v) is 1.29. The molecule has 3 nitrogen and oxygen atoms in total. The third kappa shape index (κ3) is 8.20. The first-order valence-electron chi connectivity index (χ1n) is 6.19. The van der Waals surface area contributed by atoms with Crippen LogP contribution in [-0.4, -0.2) is 32.8 Å². The molecule has 1 rings (SSSR count). The molecule has 0 N–H and O–H groups in total. The fraction of sp³-hybridized carbons (Fsp3) is 0.571. The molecule has 0 amide bonds. The minimum Gasteiger partial charge on any atom is -0.493 e. The van der Waals surface area contributed by atoms with Gasteiger partial charge in [-0.25, -0.2) is 0 Å². The number of methoxy groups -OCH3 is 1. The van der Waals surface area contributed by atoms with Crippen molar-refractivity contribution in [3.05, 3.63) is 24.3 Å². The van der Waals surface area contributed by atoms with E-state index < -0.39 is 0 Å². The van der Waals surface area contributed by atoms with Gasteiger partial charge in [-0.15, -0.1) is 11.6 Å². The fourth-order valence-electron chi connectivity index (χ4n) is 1.18. The Morgan fingerprint density at radius 1 is 1.06 bits per heavy atom.